The van der Waals surface area contributed by atoms with Crippen LogP contribution in [-0.4, -0.2) is 112 Å². The van der Waals surface area contributed by atoms with E-state index in [1.54, 1.807) is 18.7 Å². The molecule has 13 nitrogen and oxygen atoms in total. The van der Waals surface area contributed by atoms with Gasteiger partial charge in [-0.25, -0.2) is 0 Å². The van der Waals surface area contributed by atoms with Crippen LogP contribution in [0.15, 0.2) is 24.4 Å². The summed E-state index contributed by atoms with van der Waals surface area (Å²) in [5.41, 5.74) is 1.96. The van der Waals surface area contributed by atoms with E-state index in [0.717, 1.165) is 23.3 Å². The number of aromatic amines is 1. The van der Waals surface area contributed by atoms with E-state index in [1.165, 1.54) is 16.5 Å². The van der Waals surface area contributed by atoms with Gasteiger partial charge in [-0.1, -0.05) is 26.0 Å². The van der Waals surface area contributed by atoms with Crippen LogP contribution in [0.1, 0.15) is 50.2 Å². The topological polar surface area (TPSA) is 173 Å². The van der Waals surface area contributed by atoms with E-state index in [0.29, 0.717) is 38.2 Å². The molecule has 234 valence electrons. The summed E-state index contributed by atoms with van der Waals surface area (Å²) in [6.07, 6.45) is 5.68. The predicted octanol–water partition coefficient (Wildman–Crippen LogP) is 0.610. The third-order valence-electron chi connectivity index (χ3n) is 9.78. The molecule has 0 spiro atoms. The second-order valence-corrected chi connectivity index (χ2v) is 14.3. The van der Waals surface area contributed by atoms with E-state index in [2.05, 4.69) is 46.6 Å². The van der Waals surface area contributed by atoms with Gasteiger partial charge in [-0.15, -0.1) is 0 Å². The van der Waals surface area contributed by atoms with Crippen LogP contribution in [0.4, 0.5) is 0 Å². The summed E-state index contributed by atoms with van der Waals surface area (Å²) >= 11 is 0. The second-order valence-electron chi connectivity index (χ2n) is 12.8. The van der Waals surface area contributed by atoms with Crippen LogP contribution in [0.25, 0.3) is 10.9 Å². The molecule has 0 unspecified atom stereocenters. The number of nitrogens with zero attached hydrogens (tertiary/aromatic N) is 3. The second kappa shape index (κ2) is 10.3. The molecular weight excluding hydrogens is 578 g/mol. The number of fused-ring (bicyclic) bond motifs is 5. The molecule has 0 bridgehead atoms. The minimum atomic E-state index is -3.67. The highest BCUT2D eigenvalue weighted by molar-refractivity contribution is 7.85. The Morgan fingerprint density at radius 2 is 1.98 bits per heavy atom. The fourth-order valence-electron chi connectivity index (χ4n) is 7.80. The van der Waals surface area contributed by atoms with Gasteiger partial charge in [-0.2, -0.15) is 8.42 Å². The van der Waals surface area contributed by atoms with Gasteiger partial charge >= 0.3 is 0 Å². The summed E-state index contributed by atoms with van der Waals surface area (Å²) in [5, 5.41) is 15.9. The first-order valence-corrected chi connectivity index (χ1v) is 16.6. The van der Waals surface area contributed by atoms with Gasteiger partial charge < -0.3 is 25.2 Å². The molecule has 1 aliphatic carbocycles. The monoisotopic (exact) mass is 617 g/mol. The number of carbonyl (C=O) groups is 3. The molecule has 5 heterocycles. The average molecular weight is 618 g/mol. The Morgan fingerprint density at radius 3 is 2.67 bits per heavy atom. The van der Waals surface area contributed by atoms with Crippen LogP contribution in [0.2, 0.25) is 0 Å². The Morgan fingerprint density at radius 1 is 1.26 bits per heavy atom. The SMILES string of the molecule is CC(C)[C@@]1(NC(=O)[C@@H]2C[C@H]3c4cccc5[nH]cc(c45)C[C@@H]3N(C)C2)O[C@]2(O)[C@H]3CCCN3C(=O)CN2C1=O.CS(=O)(=O)O. The molecule has 43 heavy (non-hydrogen) atoms. The van der Waals surface area contributed by atoms with Crippen molar-refractivity contribution in [1.82, 2.24) is 25.0 Å². The molecule has 4 fully saturated rings. The van der Waals surface area contributed by atoms with Crippen molar-refractivity contribution in [3.63, 3.8) is 0 Å². The van der Waals surface area contributed by atoms with Gasteiger partial charge in [0.1, 0.15) is 12.6 Å². The Labute approximate surface area is 250 Å². The third kappa shape index (κ3) is 4.83. The average Bonchev–Trinajstić information content (AvgIpc) is 3.63. The summed E-state index contributed by atoms with van der Waals surface area (Å²) in [6.45, 7) is 4.44. The maximum absolute atomic E-state index is 13.9. The minimum absolute atomic E-state index is 0.187. The number of likely N-dealkylation sites (N-methyl/N-ethyl adjacent to an activating group) is 1. The van der Waals surface area contributed by atoms with Gasteiger partial charge in [0.05, 0.1) is 12.2 Å². The number of aliphatic hydroxyl groups is 1. The number of hydrogen-bond acceptors (Lipinski definition) is 8. The molecule has 4 N–H and O–H groups in total. The molecule has 3 amide bonds. The van der Waals surface area contributed by atoms with Gasteiger partial charge in [0.25, 0.3) is 21.9 Å². The van der Waals surface area contributed by atoms with Crippen LogP contribution in [0.3, 0.4) is 0 Å². The molecule has 4 aliphatic heterocycles. The normalized spacial score (nSPS) is 33.7. The first kappa shape index (κ1) is 30.0. The lowest BCUT2D eigenvalue weighted by molar-refractivity contribution is -0.314. The molecule has 2 aromatic rings. The zero-order chi connectivity index (χ0) is 31.1. The van der Waals surface area contributed by atoms with E-state index in [-0.39, 0.29) is 30.2 Å². The first-order valence-electron chi connectivity index (χ1n) is 14.7. The first-order chi connectivity index (χ1) is 20.1. The van der Waals surface area contributed by atoms with Crippen LogP contribution in [0.5, 0.6) is 0 Å². The summed E-state index contributed by atoms with van der Waals surface area (Å²) in [5.74, 6) is -3.59. The predicted molar refractivity (Wildman–Crippen MR) is 155 cm³/mol. The molecule has 1 aromatic carbocycles. The summed E-state index contributed by atoms with van der Waals surface area (Å²) in [7, 11) is -1.60. The van der Waals surface area contributed by atoms with E-state index in [9.17, 15) is 27.9 Å². The van der Waals surface area contributed by atoms with Crippen LogP contribution < -0.4 is 5.32 Å². The van der Waals surface area contributed by atoms with Crippen molar-refractivity contribution in [3.05, 3.63) is 35.5 Å². The summed E-state index contributed by atoms with van der Waals surface area (Å²) in [4.78, 5) is 48.9. The highest BCUT2D eigenvalue weighted by Gasteiger charge is 2.69. The number of ether oxygens (including phenoxy) is 1. The van der Waals surface area contributed by atoms with E-state index in [1.807, 2.05) is 0 Å². The number of piperazine rings is 1. The maximum Gasteiger partial charge on any atom is 0.281 e. The zero-order valence-corrected chi connectivity index (χ0v) is 25.6. The van der Waals surface area contributed by atoms with Crippen LogP contribution in [-0.2, 0) is 35.7 Å². The Bertz CT molecular complexity index is 1580. The van der Waals surface area contributed by atoms with Crippen molar-refractivity contribution >= 4 is 38.7 Å². The van der Waals surface area contributed by atoms with Gasteiger partial charge in [0, 0.05) is 48.1 Å². The number of carbonyl (C=O) groups excluding carboxylic acids is 3. The number of H-pyrrole nitrogens is 1. The lowest BCUT2D eigenvalue weighted by Crippen LogP contribution is -2.67. The Hall–Kier alpha value is -3.04. The van der Waals surface area contributed by atoms with Crippen molar-refractivity contribution in [1.29, 1.82) is 0 Å². The van der Waals surface area contributed by atoms with E-state index >= 15 is 0 Å². The highest BCUT2D eigenvalue weighted by atomic mass is 32.2. The molecule has 7 rings (SSSR count). The number of likely N-dealkylation sites (tertiary alicyclic amines) is 1. The smallest absolute Gasteiger partial charge is 0.281 e. The van der Waals surface area contributed by atoms with Crippen molar-refractivity contribution in [3.8, 4) is 0 Å². The number of hydrogen-bond donors (Lipinski definition) is 4. The standard InChI is InChI=1S/C28H35N5O5.CH4O3S/c1-15(2)27(26(36)33-14-23(34)32-9-5-8-22(32)28(33,37)38-27)30-25(35)17-10-19-18-6-4-7-20-24(18)16(12-29-20)11-21(19)31(3)13-17;1-5(2,3)4/h4,6-7,12,15,17,19,21-22,29,37H,5,8-11,13-14H2,1-3H3,(H,30,35);1H3,(H,2,3,4)/t17-,19+,21+,22-,27-,28-;/m1./s1. The molecular formula is C29H39N5O8S. The van der Waals surface area contributed by atoms with Crippen molar-refractivity contribution in [2.24, 2.45) is 11.8 Å². The van der Waals surface area contributed by atoms with Gasteiger partial charge in [0.2, 0.25) is 17.5 Å². The Balaban J connectivity index is 0.000000611. The number of aromatic nitrogens is 1. The number of rotatable bonds is 3. The van der Waals surface area contributed by atoms with E-state index in [4.69, 9.17) is 9.29 Å². The fraction of sp³-hybridized carbons (Fsp3) is 0.621. The molecule has 5 aliphatic rings. The highest BCUT2D eigenvalue weighted by Crippen LogP contribution is 2.47. The van der Waals surface area contributed by atoms with Crippen molar-refractivity contribution < 1.29 is 37.2 Å². The molecule has 6 atom stereocenters. The quantitative estimate of drug-likeness (QED) is 0.360. The number of nitrogens with one attached hydrogen (secondary N) is 2. The third-order valence-corrected chi connectivity index (χ3v) is 9.78. The number of amides is 3. The molecule has 14 heteroatoms. The maximum atomic E-state index is 13.9. The lowest BCUT2D eigenvalue weighted by Gasteiger charge is -2.46. The molecule has 0 saturated carbocycles. The van der Waals surface area contributed by atoms with Gasteiger partial charge in [-0.3, -0.25) is 28.6 Å². The number of benzene rings is 1. The molecule has 0 radical (unpaired) electrons. The zero-order valence-electron chi connectivity index (χ0n) is 24.7. The summed E-state index contributed by atoms with van der Waals surface area (Å²) < 4.78 is 32.1. The van der Waals surface area contributed by atoms with Gasteiger partial charge in [0.15, 0.2) is 0 Å². The van der Waals surface area contributed by atoms with Crippen LogP contribution >= 0.6 is 0 Å². The van der Waals surface area contributed by atoms with Gasteiger partial charge in [-0.05, 0) is 49.9 Å². The van der Waals surface area contributed by atoms with E-state index < -0.39 is 39.6 Å². The lowest BCUT2D eigenvalue weighted by atomic mass is 9.72. The van der Waals surface area contributed by atoms with Crippen molar-refractivity contribution in [2.75, 3.05) is 32.9 Å². The largest absolute Gasteiger partial charge is 0.361 e. The summed E-state index contributed by atoms with van der Waals surface area (Å²) in [6, 6.07) is 5.98. The minimum Gasteiger partial charge on any atom is -0.361 e. The van der Waals surface area contributed by atoms with Crippen LogP contribution in [0, 0.1) is 11.8 Å². The van der Waals surface area contributed by atoms with Crippen molar-refractivity contribution in [2.45, 2.75) is 69.2 Å². The fourth-order valence-corrected chi connectivity index (χ4v) is 7.80. The molecule has 4 saturated heterocycles. The number of piperidine rings is 1. The Kier molecular flexibility index (Phi) is 7.16. The molecule has 1 aromatic heterocycles.